The quantitative estimate of drug-likeness (QED) is 0.865. The molecule has 98 valence electrons. The van der Waals surface area contributed by atoms with Gasteiger partial charge in [0.1, 0.15) is 0 Å². The third kappa shape index (κ3) is 3.80. The molecule has 0 aliphatic rings. The zero-order valence-corrected chi connectivity index (χ0v) is 12.1. The lowest BCUT2D eigenvalue weighted by Crippen LogP contribution is -2.33. The van der Waals surface area contributed by atoms with E-state index in [0.29, 0.717) is 6.04 Å². The van der Waals surface area contributed by atoms with Gasteiger partial charge >= 0.3 is 0 Å². The molecule has 18 heavy (non-hydrogen) atoms. The van der Waals surface area contributed by atoms with Gasteiger partial charge in [-0.3, -0.25) is 0 Å². The molecule has 1 aromatic carbocycles. The predicted octanol–water partition coefficient (Wildman–Crippen LogP) is 3.54. The Morgan fingerprint density at radius 3 is 2.83 bits per heavy atom. The molecular weight excluding hydrogens is 242 g/mol. The number of hydrogen-bond donors (Lipinski definition) is 2. The summed E-state index contributed by atoms with van der Waals surface area (Å²) in [5.41, 5.74) is 0.687. The molecule has 0 aliphatic carbocycles. The van der Waals surface area contributed by atoms with Gasteiger partial charge in [0.05, 0.1) is 5.60 Å². The van der Waals surface area contributed by atoms with Gasteiger partial charge < -0.3 is 10.4 Å². The van der Waals surface area contributed by atoms with E-state index in [0.717, 1.165) is 13.0 Å². The predicted molar refractivity (Wildman–Crippen MR) is 79.0 cm³/mol. The Bertz CT molecular complexity index is 512. The van der Waals surface area contributed by atoms with Crippen LogP contribution in [0.5, 0.6) is 0 Å². The van der Waals surface area contributed by atoms with Crippen LogP contribution in [0.2, 0.25) is 0 Å². The first-order valence-electron chi connectivity index (χ1n) is 6.36. The molecule has 0 bridgehead atoms. The van der Waals surface area contributed by atoms with Crippen molar-refractivity contribution in [2.75, 3.05) is 0 Å². The van der Waals surface area contributed by atoms with Gasteiger partial charge in [-0.05, 0) is 61.7 Å². The van der Waals surface area contributed by atoms with Gasteiger partial charge in [-0.2, -0.15) is 0 Å². The minimum Gasteiger partial charge on any atom is -0.390 e. The fourth-order valence-corrected chi connectivity index (χ4v) is 3.01. The minimum absolute atomic E-state index is 0.308. The highest BCUT2D eigenvalue weighted by atomic mass is 32.1. The molecule has 2 aromatic rings. The minimum atomic E-state index is -0.607. The van der Waals surface area contributed by atoms with Crippen LogP contribution in [0, 0.1) is 0 Å². The van der Waals surface area contributed by atoms with Crippen LogP contribution in [0.4, 0.5) is 0 Å². The number of rotatable bonds is 5. The third-order valence-electron chi connectivity index (χ3n) is 2.98. The lowest BCUT2D eigenvalue weighted by atomic mass is 10.00. The van der Waals surface area contributed by atoms with Gasteiger partial charge in [-0.1, -0.05) is 6.07 Å². The summed E-state index contributed by atoms with van der Waals surface area (Å²) in [6.45, 7) is 6.66. The molecule has 0 unspecified atom stereocenters. The lowest BCUT2D eigenvalue weighted by Gasteiger charge is -2.23. The molecule has 0 radical (unpaired) electrons. The molecule has 2 N–H and O–H groups in total. The normalized spacial score (nSPS) is 14.0. The number of aliphatic hydroxyl groups is 1. The van der Waals surface area contributed by atoms with Crippen molar-refractivity contribution >= 4 is 21.4 Å². The first kappa shape index (κ1) is 13.5. The topological polar surface area (TPSA) is 32.3 Å². The highest BCUT2D eigenvalue weighted by molar-refractivity contribution is 7.17. The Kier molecular flexibility index (Phi) is 4.05. The molecule has 0 aliphatic heterocycles. The van der Waals surface area contributed by atoms with Crippen molar-refractivity contribution in [3.8, 4) is 0 Å². The maximum atomic E-state index is 9.76. The highest BCUT2D eigenvalue weighted by Gasteiger charge is 2.16. The van der Waals surface area contributed by atoms with Gasteiger partial charge in [0.15, 0.2) is 0 Å². The van der Waals surface area contributed by atoms with Crippen LogP contribution in [0.15, 0.2) is 29.6 Å². The zero-order valence-electron chi connectivity index (χ0n) is 11.2. The van der Waals surface area contributed by atoms with E-state index in [1.165, 1.54) is 15.6 Å². The Hall–Kier alpha value is -0.900. The van der Waals surface area contributed by atoms with Crippen LogP contribution in [0.3, 0.4) is 0 Å². The summed E-state index contributed by atoms with van der Waals surface area (Å²) in [5, 5.41) is 16.7. The van der Waals surface area contributed by atoms with E-state index < -0.39 is 5.60 Å². The van der Waals surface area contributed by atoms with Crippen LogP contribution < -0.4 is 5.32 Å². The SMILES string of the molecule is C[C@H](CC(C)(C)O)NCc1ccc2sccc2c1. The first-order chi connectivity index (χ1) is 8.44. The fraction of sp³-hybridized carbons (Fsp3) is 0.467. The Labute approximate surface area is 113 Å². The van der Waals surface area contributed by atoms with Crippen molar-refractivity contribution in [2.24, 2.45) is 0 Å². The zero-order chi connectivity index (χ0) is 13.2. The number of nitrogens with one attached hydrogen (secondary N) is 1. The van der Waals surface area contributed by atoms with E-state index in [9.17, 15) is 5.11 Å². The van der Waals surface area contributed by atoms with Gasteiger partial charge in [-0.25, -0.2) is 0 Å². The number of fused-ring (bicyclic) bond motifs is 1. The maximum Gasteiger partial charge on any atom is 0.0606 e. The van der Waals surface area contributed by atoms with Crippen molar-refractivity contribution in [3.63, 3.8) is 0 Å². The van der Waals surface area contributed by atoms with Crippen LogP contribution >= 0.6 is 11.3 Å². The molecule has 1 heterocycles. The molecule has 1 aromatic heterocycles. The van der Waals surface area contributed by atoms with Crippen LogP contribution in [-0.2, 0) is 6.54 Å². The van der Waals surface area contributed by atoms with E-state index in [-0.39, 0.29) is 0 Å². The van der Waals surface area contributed by atoms with Crippen LogP contribution in [0.1, 0.15) is 32.8 Å². The van der Waals surface area contributed by atoms with Crippen molar-refractivity contribution in [2.45, 2.75) is 45.4 Å². The van der Waals surface area contributed by atoms with E-state index in [4.69, 9.17) is 0 Å². The Morgan fingerprint density at radius 1 is 1.33 bits per heavy atom. The monoisotopic (exact) mass is 263 g/mol. The summed E-state index contributed by atoms with van der Waals surface area (Å²) < 4.78 is 1.34. The van der Waals surface area contributed by atoms with Crippen molar-refractivity contribution in [3.05, 3.63) is 35.2 Å². The Balaban J connectivity index is 1.93. The van der Waals surface area contributed by atoms with Crippen molar-refractivity contribution < 1.29 is 5.11 Å². The fourth-order valence-electron chi connectivity index (χ4n) is 2.24. The third-order valence-corrected chi connectivity index (χ3v) is 3.88. The van der Waals surface area contributed by atoms with Gasteiger partial charge in [0.2, 0.25) is 0 Å². The molecule has 0 saturated carbocycles. The molecule has 2 rings (SSSR count). The first-order valence-corrected chi connectivity index (χ1v) is 7.24. The smallest absolute Gasteiger partial charge is 0.0606 e. The number of thiophene rings is 1. The van der Waals surface area contributed by atoms with Gasteiger partial charge in [0, 0.05) is 17.3 Å². The molecule has 0 spiro atoms. The van der Waals surface area contributed by atoms with E-state index in [1.807, 2.05) is 13.8 Å². The standard InChI is InChI=1S/C15H21NOS/c1-11(9-15(2,3)17)16-10-12-4-5-14-13(8-12)6-7-18-14/h4-8,11,16-17H,9-10H2,1-3H3/t11-/m1/s1. The summed E-state index contributed by atoms with van der Waals surface area (Å²) in [5.74, 6) is 0. The maximum absolute atomic E-state index is 9.76. The molecular formula is C15H21NOS. The number of hydrogen-bond acceptors (Lipinski definition) is 3. The molecule has 0 fully saturated rings. The van der Waals surface area contributed by atoms with Crippen molar-refractivity contribution in [1.29, 1.82) is 0 Å². The molecule has 0 saturated heterocycles. The second kappa shape index (κ2) is 5.39. The van der Waals surface area contributed by atoms with Gasteiger partial charge in [0.25, 0.3) is 0 Å². The van der Waals surface area contributed by atoms with E-state index in [2.05, 4.69) is 41.9 Å². The average Bonchev–Trinajstić information content (AvgIpc) is 2.71. The van der Waals surface area contributed by atoms with Crippen LogP contribution in [-0.4, -0.2) is 16.7 Å². The average molecular weight is 263 g/mol. The lowest BCUT2D eigenvalue weighted by molar-refractivity contribution is 0.0611. The van der Waals surface area contributed by atoms with Crippen LogP contribution in [0.25, 0.3) is 10.1 Å². The summed E-state index contributed by atoms with van der Waals surface area (Å²) in [4.78, 5) is 0. The summed E-state index contributed by atoms with van der Waals surface area (Å²) in [6.07, 6.45) is 0.758. The molecule has 0 amide bonds. The van der Waals surface area contributed by atoms with E-state index >= 15 is 0 Å². The molecule has 1 atom stereocenters. The highest BCUT2D eigenvalue weighted by Crippen LogP contribution is 2.21. The number of benzene rings is 1. The summed E-state index contributed by atoms with van der Waals surface area (Å²) in [7, 11) is 0. The largest absolute Gasteiger partial charge is 0.390 e. The summed E-state index contributed by atoms with van der Waals surface area (Å²) in [6, 6.07) is 9.04. The molecule has 2 nitrogen and oxygen atoms in total. The molecule has 3 heteroatoms. The second-order valence-corrected chi connectivity index (χ2v) is 6.54. The second-order valence-electron chi connectivity index (χ2n) is 5.59. The Morgan fingerprint density at radius 2 is 2.11 bits per heavy atom. The van der Waals surface area contributed by atoms with Crippen molar-refractivity contribution in [1.82, 2.24) is 5.32 Å². The van der Waals surface area contributed by atoms with E-state index in [1.54, 1.807) is 11.3 Å². The van der Waals surface area contributed by atoms with Gasteiger partial charge in [-0.15, -0.1) is 11.3 Å². The summed E-state index contributed by atoms with van der Waals surface area (Å²) >= 11 is 1.77.